The Morgan fingerprint density at radius 2 is 2.50 bits per heavy atom. The van der Waals surface area contributed by atoms with Gasteiger partial charge in [-0.1, -0.05) is 0 Å². The molecule has 0 unspecified atom stereocenters. The normalized spacial score (nSPS) is 23.8. The average molecular weight is 249 g/mol. The molecule has 0 bridgehead atoms. The van der Waals surface area contributed by atoms with Gasteiger partial charge >= 0.3 is 0 Å². The third kappa shape index (κ3) is 2.42. The Balaban J connectivity index is 1.61. The smallest absolute Gasteiger partial charge is 0.246 e. The molecule has 1 amide bonds. The predicted molar refractivity (Wildman–Crippen MR) is 66.5 cm³/mol. The van der Waals surface area contributed by atoms with Gasteiger partial charge in [0, 0.05) is 37.9 Å². The molecule has 2 aliphatic heterocycles. The van der Waals surface area contributed by atoms with Crippen LogP contribution >= 0.6 is 0 Å². The molecule has 0 saturated carbocycles. The zero-order chi connectivity index (χ0) is 12.4. The second kappa shape index (κ2) is 5.12. The van der Waals surface area contributed by atoms with Crippen LogP contribution in [-0.4, -0.2) is 35.2 Å². The quantitative estimate of drug-likeness (QED) is 0.842. The van der Waals surface area contributed by atoms with Crippen molar-refractivity contribution in [2.75, 3.05) is 19.7 Å². The summed E-state index contributed by atoms with van der Waals surface area (Å²) in [4.78, 5) is 17.3. The summed E-state index contributed by atoms with van der Waals surface area (Å²) in [5.41, 5.74) is 1.29. The number of aromatic nitrogens is 1. The number of hydroxylamine groups is 2. The van der Waals surface area contributed by atoms with Crippen LogP contribution < -0.4 is 5.32 Å². The van der Waals surface area contributed by atoms with Gasteiger partial charge in [-0.15, -0.1) is 0 Å². The summed E-state index contributed by atoms with van der Waals surface area (Å²) in [6.45, 7) is 4.11. The standard InChI is InChI=1S/C13H19N3O2/c17-13(16-5-2-6-18-16)7-11-8-14-9-12-3-1-4-15(12)10-11/h1,3-4,11,14H,2,5-10H2/t11-/m1/s1. The molecule has 0 aromatic carbocycles. The van der Waals surface area contributed by atoms with Crippen LogP contribution in [0.25, 0.3) is 0 Å². The lowest BCUT2D eigenvalue weighted by atomic mass is 10.1. The summed E-state index contributed by atoms with van der Waals surface area (Å²) >= 11 is 0. The van der Waals surface area contributed by atoms with E-state index in [-0.39, 0.29) is 5.91 Å². The highest BCUT2D eigenvalue weighted by atomic mass is 16.7. The maximum absolute atomic E-state index is 12.0. The molecule has 0 spiro atoms. The van der Waals surface area contributed by atoms with Gasteiger partial charge in [-0.25, -0.2) is 5.06 Å². The van der Waals surface area contributed by atoms with Crippen molar-refractivity contribution >= 4 is 5.91 Å². The van der Waals surface area contributed by atoms with E-state index in [0.29, 0.717) is 18.9 Å². The Hall–Kier alpha value is -1.33. The maximum atomic E-state index is 12.0. The van der Waals surface area contributed by atoms with Gasteiger partial charge < -0.3 is 9.88 Å². The van der Waals surface area contributed by atoms with E-state index in [9.17, 15) is 4.79 Å². The van der Waals surface area contributed by atoms with Gasteiger partial charge in [0.2, 0.25) is 5.91 Å². The number of carbonyl (C=O) groups excluding carboxylic acids is 1. The summed E-state index contributed by atoms with van der Waals surface area (Å²) in [5.74, 6) is 0.463. The van der Waals surface area contributed by atoms with E-state index in [4.69, 9.17) is 4.84 Å². The average Bonchev–Trinajstić information content (AvgIpc) is 2.99. The number of amides is 1. The molecular formula is C13H19N3O2. The third-order valence-corrected chi connectivity index (χ3v) is 3.61. The Morgan fingerprint density at radius 1 is 1.56 bits per heavy atom. The highest BCUT2D eigenvalue weighted by Gasteiger charge is 2.24. The highest BCUT2D eigenvalue weighted by Crippen LogP contribution is 2.16. The molecule has 3 rings (SSSR count). The molecule has 0 radical (unpaired) electrons. The Bertz CT molecular complexity index is 424. The van der Waals surface area contributed by atoms with Crippen molar-refractivity contribution in [3.05, 3.63) is 24.0 Å². The fourth-order valence-corrected chi connectivity index (χ4v) is 2.66. The molecule has 1 atom stereocenters. The number of fused-ring (bicyclic) bond motifs is 1. The first kappa shape index (κ1) is 11.7. The minimum Gasteiger partial charge on any atom is -0.350 e. The molecule has 18 heavy (non-hydrogen) atoms. The van der Waals surface area contributed by atoms with Crippen molar-refractivity contribution in [3.63, 3.8) is 0 Å². The number of nitrogens with one attached hydrogen (secondary N) is 1. The van der Waals surface area contributed by atoms with Gasteiger partial charge in [0.05, 0.1) is 13.2 Å². The van der Waals surface area contributed by atoms with Crippen molar-refractivity contribution in [1.29, 1.82) is 0 Å². The van der Waals surface area contributed by atoms with E-state index in [2.05, 4.69) is 28.2 Å². The Labute approximate surface area is 107 Å². The molecule has 1 N–H and O–H groups in total. The molecule has 3 heterocycles. The lowest BCUT2D eigenvalue weighted by molar-refractivity contribution is -0.169. The number of hydrogen-bond donors (Lipinski definition) is 1. The van der Waals surface area contributed by atoms with Gasteiger partial charge in [-0.2, -0.15) is 0 Å². The summed E-state index contributed by atoms with van der Waals surface area (Å²) < 4.78 is 2.24. The number of rotatable bonds is 2. The molecule has 1 fully saturated rings. The summed E-state index contributed by atoms with van der Waals surface area (Å²) in [7, 11) is 0. The topological polar surface area (TPSA) is 46.5 Å². The Kier molecular flexibility index (Phi) is 3.34. The molecule has 1 aromatic rings. The fraction of sp³-hybridized carbons (Fsp3) is 0.615. The largest absolute Gasteiger partial charge is 0.350 e. The summed E-state index contributed by atoms with van der Waals surface area (Å²) in [5, 5.41) is 4.93. The zero-order valence-corrected chi connectivity index (χ0v) is 10.5. The van der Waals surface area contributed by atoms with Crippen molar-refractivity contribution in [3.8, 4) is 0 Å². The van der Waals surface area contributed by atoms with Crippen molar-refractivity contribution in [2.24, 2.45) is 5.92 Å². The third-order valence-electron chi connectivity index (χ3n) is 3.61. The van der Waals surface area contributed by atoms with Crippen molar-refractivity contribution in [1.82, 2.24) is 14.9 Å². The van der Waals surface area contributed by atoms with E-state index in [1.54, 1.807) is 0 Å². The Morgan fingerprint density at radius 3 is 3.33 bits per heavy atom. The van der Waals surface area contributed by atoms with E-state index < -0.39 is 0 Å². The van der Waals surface area contributed by atoms with Crippen LogP contribution in [0.2, 0.25) is 0 Å². The molecule has 98 valence electrons. The lowest BCUT2D eigenvalue weighted by Crippen LogP contribution is -2.31. The van der Waals surface area contributed by atoms with Crippen LogP contribution in [-0.2, 0) is 22.7 Å². The minimum atomic E-state index is 0.120. The number of nitrogens with zero attached hydrogens (tertiary/aromatic N) is 2. The van der Waals surface area contributed by atoms with Crippen LogP contribution in [0.1, 0.15) is 18.5 Å². The van der Waals surface area contributed by atoms with Crippen LogP contribution in [0.5, 0.6) is 0 Å². The first-order chi connectivity index (χ1) is 8.83. The maximum Gasteiger partial charge on any atom is 0.246 e. The van der Waals surface area contributed by atoms with Crippen LogP contribution in [0, 0.1) is 5.92 Å². The van der Waals surface area contributed by atoms with Gasteiger partial charge in [-0.05, 0) is 24.5 Å². The summed E-state index contributed by atoms with van der Waals surface area (Å²) in [6.07, 6.45) is 3.60. The van der Waals surface area contributed by atoms with E-state index in [1.807, 2.05) is 0 Å². The van der Waals surface area contributed by atoms with Gasteiger partial charge in [0.25, 0.3) is 0 Å². The van der Waals surface area contributed by atoms with E-state index in [1.165, 1.54) is 10.8 Å². The molecule has 5 heteroatoms. The fourth-order valence-electron chi connectivity index (χ4n) is 2.66. The molecule has 2 aliphatic rings. The van der Waals surface area contributed by atoms with E-state index >= 15 is 0 Å². The first-order valence-electron chi connectivity index (χ1n) is 6.61. The molecule has 5 nitrogen and oxygen atoms in total. The number of hydrogen-bond acceptors (Lipinski definition) is 3. The lowest BCUT2D eigenvalue weighted by Gasteiger charge is -2.19. The highest BCUT2D eigenvalue weighted by molar-refractivity contribution is 5.75. The molecule has 0 aliphatic carbocycles. The predicted octanol–water partition coefficient (Wildman–Crippen LogP) is 0.761. The van der Waals surface area contributed by atoms with Gasteiger partial charge in [-0.3, -0.25) is 9.63 Å². The van der Waals surface area contributed by atoms with Crippen LogP contribution in [0.15, 0.2) is 18.3 Å². The zero-order valence-electron chi connectivity index (χ0n) is 10.5. The van der Waals surface area contributed by atoms with Gasteiger partial charge in [0.15, 0.2) is 0 Å². The second-order valence-electron chi connectivity index (χ2n) is 5.04. The van der Waals surface area contributed by atoms with Crippen LogP contribution in [0.3, 0.4) is 0 Å². The molecule has 1 aromatic heterocycles. The number of carbonyl (C=O) groups is 1. The second-order valence-corrected chi connectivity index (χ2v) is 5.04. The van der Waals surface area contributed by atoms with Gasteiger partial charge in [0.1, 0.15) is 0 Å². The SMILES string of the molecule is O=C(C[C@@H]1CNCc2cccn2C1)N1CCCO1. The first-order valence-corrected chi connectivity index (χ1v) is 6.61. The van der Waals surface area contributed by atoms with Crippen molar-refractivity contribution < 1.29 is 9.63 Å². The monoisotopic (exact) mass is 249 g/mol. The summed E-state index contributed by atoms with van der Waals surface area (Å²) in [6, 6.07) is 4.19. The molecular weight excluding hydrogens is 230 g/mol. The van der Waals surface area contributed by atoms with Crippen LogP contribution in [0.4, 0.5) is 0 Å². The molecule has 1 saturated heterocycles. The van der Waals surface area contributed by atoms with Crippen molar-refractivity contribution in [2.45, 2.75) is 25.9 Å². The minimum absolute atomic E-state index is 0.120. The van der Waals surface area contributed by atoms with E-state index in [0.717, 1.165) is 32.6 Å².